The lowest BCUT2D eigenvalue weighted by molar-refractivity contribution is -0.152. The van der Waals surface area contributed by atoms with Crippen molar-refractivity contribution in [2.45, 2.75) is 6.10 Å². The van der Waals surface area contributed by atoms with Gasteiger partial charge in [-0.2, -0.15) is 0 Å². The van der Waals surface area contributed by atoms with Crippen molar-refractivity contribution in [3.8, 4) is 0 Å². The molecule has 0 radical (unpaired) electrons. The van der Waals surface area contributed by atoms with E-state index in [9.17, 15) is 4.79 Å². The van der Waals surface area contributed by atoms with Crippen LogP contribution in [0.4, 0.5) is 0 Å². The van der Waals surface area contributed by atoms with Gasteiger partial charge in [-0.1, -0.05) is 0 Å². The summed E-state index contributed by atoms with van der Waals surface area (Å²) in [7, 11) is 0. The van der Waals surface area contributed by atoms with E-state index in [0.29, 0.717) is 6.61 Å². The molecule has 1 fully saturated rings. The topological polar surface area (TPSA) is 99.5 Å². The van der Waals surface area contributed by atoms with E-state index in [1.165, 1.54) is 0 Å². The Bertz CT molecular complexity index is 188. The SMILES string of the molecule is O=C(OCC(CO)(CO)CO)C1CO1. The van der Waals surface area contributed by atoms with Gasteiger partial charge in [0, 0.05) is 0 Å². The Hall–Kier alpha value is -0.690. The van der Waals surface area contributed by atoms with Gasteiger partial charge >= 0.3 is 5.97 Å². The molecule has 6 nitrogen and oxygen atoms in total. The summed E-state index contributed by atoms with van der Waals surface area (Å²) in [6.07, 6.45) is -0.510. The Morgan fingerprint density at radius 1 is 1.36 bits per heavy atom. The first-order chi connectivity index (χ1) is 6.67. The van der Waals surface area contributed by atoms with Crippen molar-refractivity contribution in [3.63, 3.8) is 0 Å². The molecule has 1 aliphatic rings. The number of rotatable bonds is 6. The zero-order valence-corrected chi connectivity index (χ0v) is 7.68. The molecule has 6 heteroatoms. The van der Waals surface area contributed by atoms with E-state index in [0.717, 1.165) is 0 Å². The van der Waals surface area contributed by atoms with Crippen molar-refractivity contribution in [1.29, 1.82) is 0 Å². The highest BCUT2D eigenvalue weighted by atomic mass is 16.6. The second-order valence-corrected chi connectivity index (χ2v) is 3.40. The van der Waals surface area contributed by atoms with Gasteiger partial charge in [0.1, 0.15) is 6.61 Å². The third kappa shape index (κ3) is 2.65. The van der Waals surface area contributed by atoms with Crippen molar-refractivity contribution >= 4 is 5.97 Å². The van der Waals surface area contributed by atoms with Gasteiger partial charge in [-0.05, 0) is 0 Å². The van der Waals surface area contributed by atoms with Gasteiger partial charge in [0.25, 0.3) is 0 Å². The van der Waals surface area contributed by atoms with E-state index in [-0.39, 0.29) is 6.61 Å². The monoisotopic (exact) mass is 206 g/mol. The number of carbonyl (C=O) groups is 1. The largest absolute Gasteiger partial charge is 0.463 e. The van der Waals surface area contributed by atoms with Crippen LogP contribution < -0.4 is 0 Å². The number of carbonyl (C=O) groups excluding carboxylic acids is 1. The Morgan fingerprint density at radius 3 is 2.21 bits per heavy atom. The summed E-state index contributed by atoms with van der Waals surface area (Å²) < 4.78 is 9.43. The first kappa shape index (κ1) is 11.4. The number of hydrogen-bond acceptors (Lipinski definition) is 6. The third-order valence-electron chi connectivity index (χ3n) is 2.12. The van der Waals surface area contributed by atoms with Gasteiger partial charge < -0.3 is 24.8 Å². The lowest BCUT2D eigenvalue weighted by Gasteiger charge is -2.26. The van der Waals surface area contributed by atoms with E-state index >= 15 is 0 Å². The molecule has 0 spiro atoms. The molecule has 0 amide bonds. The maximum atomic E-state index is 11.0. The molecule has 1 atom stereocenters. The van der Waals surface area contributed by atoms with Crippen LogP contribution >= 0.6 is 0 Å². The predicted molar refractivity (Wildman–Crippen MR) is 44.4 cm³/mol. The van der Waals surface area contributed by atoms with Crippen LogP contribution in [0.2, 0.25) is 0 Å². The third-order valence-corrected chi connectivity index (χ3v) is 2.12. The minimum Gasteiger partial charge on any atom is -0.463 e. The zero-order valence-electron chi connectivity index (χ0n) is 7.68. The summed E-state index contributed by atoms with van der Waals surface area (Å²) in [5.74, 6) is -0.523. The first-order valence-electron chi connectivity index (χ1n) is 4.28. The molecular weight excluding hydrogens is 192 g/mol. The normalized spacial score (nSPS) is 20.6. The maximum absolute atomic E-state index is 11.0. The van der Waals surface area contributed by atoms with E-state index < -0.39 is 37.3 Å². The summed E-state index contributed by atoms with van der Waals surface area (Å²) in [5, 5.41) is 26.7. The fraction of sp³-hybridized carbons (Fsp3) is 0.875. The number of epoxide rings is 1. The highest BCUT2D eigenvalue weighted by molar-refractivity contribution is 5.76. The lowest BCUT2D eigenvalue weighted by Crippen LogP contribution is -2.39. The van der Waals surface area contributed by atoms with Crippen LogP contribution in [0.25, 0.3) is 0 Å². The van der Waals surface area contributed by atoms with Crippen LogP contribution in [0.5, 0.6) is 0 Å². The smallest absolute Gasteiger partial charge is 0.337 e. The molecule has 0 aliphatic carbocycles. The van der Waals surface area contributed by atoms with Gasteiger partial charge in [-0.3, -0.25) is 0 Å². The molecule has 0 aromatic heterocycles. The molecule has 3 N–H and O–H groups in total. The van der Waals surface area contributed by atoms with Crippen molar-refractivity contribution in [3.05, 3.63) is 0 Å². The average molecular weight is 206 g/mol. The summed E-state index contributed by atoms with van der Waals surface area (Å²) in [4.78, 5) is 11.0. The average Bonchev–Trinajstić information content (AvgIpc) is 3.04. The molecule has 0 saturated carbocycles. The number of hydrogen-bond donors (Lipinski definition) is 3. The van der Waals surface area contributed by atoms with Crippen molar-refractivity contribution in [2.24, 2.45) is 5.41 Å². The molecule has 1 heterocycles. The fourth-order valence-corrected chi connectivity index (χ4v) is 0.788. The molecular formula is C8H14O6. The number of aliphatic hydroxyl groups is 3. The Kier molecular flexibility index (Phi) is 3.82. The molecule has 14 heavy (non-hydrogen) atoms. The molecule has 1 saturated heterocycles. The second-order valence-electron chi connectivity index (χ2n) is 3.40. The molecule has 1 rings (SSSR count). The molecule has 1 unspecified atom stereocenters. The van der Waals surface area contributed by atoms with Crippen molar-refractivity contribution < 1.29 is 29.6 Å². The van der Waals surface area contributed by atoms with Gasteiger partial charge in [0.05, 0.1) is 31.8 Å². The number of aliphatic hydroxyl groups excluding tert-OH is 3. The highest BCUT2D eigenvalue weighted by Gasteiger charge is 2.36. The molecule has 1 aliphatic heterocycles. The molecule has 0 aromatic carbocycles. The summed E-state index contributed by atoms with van der Waals surface area (Å²) in [6, 6.07) is 0. The van der Waals surface area contributed by atoms with E-state index in [1.807, 2.05) is 0 Å². The van der Waals surface area contributed by atoms with Gasteiger partial charge in [0.15, 0.2) is 6.10 Å². The molecule has 0 bridgehead atoms. The van der Waals surface area contributed by atoms with Crippen LogP contribution in [0, 0.1) is 5.41 Å². The second kappa shape index (κ2) is 4.70. The Labute approximate surface area is 81.1 Å². The lowest BCUT2D eigenvalue weighted by atomic mass is 9.93. The van der Waals surface area contributed by atoms with Crippen LogP contribution in [0.15, 0.2) is 0 Å². The van der Waals surface area contributed by atoms with Crippen LogP contribution in [0.3, 0.4) is 0 Å². The summed E-state index contributed by atoms with van der Waals surface area (Å²) in [6.45, 7) is -1.20. The molecule has 0 aromatic rings. The summed E-state index contributed by atoms with van der Waals surface area (Å²) in [5.41, 5.74) is -1.16. The maximum Gasteiger partial charge on any atom is 0.337 e. The Morgan fingerprint density at radius 2 is 1.86 bits per heavy atom. The Balaban J connectivity index is 2.34. The standard InChI is InChI=1S/C8H14O6/c9-2-8(3-10,4-11)5-14-7(12)6-1-13-6/h6,9-11H,1-5H2. The van der Waals surface area contributed by atoms with Crippen LogP contribution in [0.1, 0.15) is 0 Å². The van der Waals surface area contributed by atoms with E-state index in [2.05, 4.69) is 4.74 Å². The zero-order chi connectivity index (χ0) is 10.6. The summed E-state index contributed by atoms with van der Waals surface area (Å²) >= 11 is 0. The van der Waals surface area contributed by atoms with E-state index in [1.54, 1.807) is 0 Å². The highest BCUT2D eigenvalue weighted by Crippen LogP contribution is 2.17. The van der Waals surface area contributed by atoms with Gasteiger partial charge in [-0.15, -0.1) is 0 Å². The predicted octanol–water partition coefficient (Wildman–Crippen LogP) is -2.11. The number of esters is 1. The number of ether oxygens (including phenoxy) is 2. The van der Waals surface area contributed by atoms with Crippen molar-refractivity contribution in [2.75, 3.05) is 33.0 Å². The minimum atomic E-state index is -1.16. The van der Waals surface area contributed by atoms with Gasteiger partial charge in [0.2, 0.25) is 0 Å². The van der Waals surface area contributed by atoms with Gasteiger partial charge in [-0.25, -0.2) is 4.79 Å². The molecule has 82 valence electrons. The minimum absolute atomic E-state index is 0.213. The van der Waals surface area contributed by atoms with E-state index in [4.69, 9.17) is 20.1 Å². The fourth-order valence-electron chi connectivity index (χ4n) is 0.788. The quantitative estimate of drug-likeness (QED) is 0.340. The first-order valence-corrected chi connectivity index (χ1v) is 4.28. The van der Waals surface area contributed by atoms with Crippen LogP contribution in [-0.2, 0) is 14.3 Å². The van der Waals surface area contributed by atoms with Crippen LogP contribution in [-0.4, -0.2) is 60.4 Å². The van der Waals surface area contributed by atoms with Crippen molar-refractivity contribution in [1.82, 2.24) is 0 Å².